The minimum atomic E-state index is -0.585. The number of hydrogen-bond acceptors (Lipinski definition) is 2. The summed E-state index contributed by atoms with van der Waals surface area (Å²) in [5.41, 5.74) is 1.60. The standard InChI is InChI=1S/C12H12ClNO2/c1-12(2)8-5-7(10(15)6-13)3-4-9(8)14-11(12)16/h3-5H,6H2,1-2H3,(H,14,16). The predicted molar refractivity (Wildman–Crippen MR) is 63.1 cm³/mol. The van der Waals surface area contributed by atoms with Crippen LogP contribution in [0.25, 0.3) is 0 Å². The Morgan fingerprint density at radius 1 is 1.44 bits per heavy atom. The monoisotopic (exact) mass is 237 g/mol. The zero-order valence-electron chi connectivity index (χ0n) is 9.13. The van der Waals surface area contributed by atoms with Crippen LogP contribution in [0.1, 0.15) is 29.8 Å². The third-order valence-corrected chi connectivity index (χ3v) is 3.19. The first kappa shape index (κ1) is 11.1. The van der Waals surface area contributed by atoms with Crippen molar-refractivity contribution >= 4 is 29.0 Å². The Balaban J connectivity index is 2.52. The van der Waals surface area contributed by atoms with Gasteiger partial charge in [-0.15, -0.1) is 11.6 Å². The van der Waals surface area contributed by atoms with Crippen LogP contribution in [0.3, 0.4) is 0 Å². The van der Waals surface area contributed by atoms with E-state index in [-0.39, 0.29) is 17.6 Å². The van der Waals surface area contributed by atoms with Crippen molar-refractivity contribution in [1.29, 1.82) is 0 Å². The number of hydrogen-bond donors (Lipinski definition) is 1. The van der Waals surface area contributed by atoms with Crippen LogP contribution in [0.5, 0.6) is 0 Å². The third-order valence-electron chi connectivity index (χ3n) is 2.95. The fourth-order valence-corrected chi connectivity index (χ4v) is 1.98. The normalized spacial score (nSPS) is 16.8. The summed E-state index contributed by atoms with van der Waals surface area (Å²) in [6.45, 7) is 3.67. The Bertz CT molecular complexity index is 480. The van der Waals surface area contributed by atoms with Crippen LogP contribution in [0.15, 0.2) is 18.2 Å². The molecule has 1 amide bonds. The molecule has 1 aromatic carbocycles. The van der Waals surface area contributed by atoms with Crippen molar-refractivity contribution in [3.63, 3.8) is 0 Å². The molecule has 1 N–H and O–H groups in total. The van der Waals surface area contributed by atoms with Gasteiger partial charge in [0, 0.05) is 11.3 Å². The Morgan fingerprint density at radius 3 is 2.75 bits per heavy atom. The van der Waals surface area contributed by atoms with Gasteiger partial charge in [-0.05, 0) is 37.6 Å². The van der Waals surface area contributed by atoms with E-state index >= 15 is 0 Å². The first-order valence-electron chi connectivity index (χ1n) is 5.02. The first-order valence-corrected chi connectivity index (χ1v) is 5.55. The van der Waals surface area contributed by atoms with Gasteiger partial charge in [0.2, 0.25) is 5.91 Å². The minimum absolute atomic E-state index is 0.0411. The van der Waals surface area contributed by atoms with E-state index in [1.54, 1.807) is 18.2 Å². The number of anilines is 1. The number of alkyl halides is 1. The van der Waals surface area contributed by atoms with E-state index < -0.39 is 5.41 Å². The summed E-state index contributed by atoms with van der Waals surface area (Å²) in [7, 11) is 0. The van der Waals surface area contributed by atoms with Gasteiger partial charge in [-0.1, -0.05) is 0 Å². The Morgan fingerprint density at radius 2 is 2.12 bits per heavy atom. The molecular formula is C12H12ClNO2. The number of benzene rings is 1. The lowest BCUT2D eigenvalue weighted by molar-refractivity contribution is -0.119. The third kappa shape index (κ3) is 1.52. The van der Waals surface area contributed by atoms with Gasteiger partial charge in [-0.2, -0.15) is 0 Å². The van der Waals surface area contributed by atoms with Crippen LogP contribution in [-0.2, 0) is 10.2 Å². The van der Waals surface area contributed by atoms with Crippen molar-refractivity contribution in [3.05, 3.63) is 29.3 Å². The first-order chi connectivity index (χ1) is 7.46. The van der Waals surface area contributed by atoms with Gasteiger partial charge in [0.25, 0.3) is 0 Å². The maximum atomic E-state index is 11.7. The van der Waals surface area contributed by atoms with Gasteiger partial charge >= 0.3 is 0 Å². The lowest BCUT2D eigenvalue weighted by atomic mass is 9.85. The van der Waals surface area contributed by atoms with E-state index in [1.165, 1.54) is 0 Å². The quantitative estimate of drug-likeness (QED) is 0.634. The van der Waals surface area contributed by atoms with Crippen molar-refractivity contribution in [3.8, 4) is 0 Å². The Hall–Kier alpha value is -1.35. The van der Waals surface area contributed by atoms with Crippen LogP contribution in [0.2, 0.25) is 0 Å². The van der Waals surface area contributed by atoms with E-state index in [0.717, 1.165) is 11.3 Å². The number of carbonyl (C=O) groups excluding carboxylic acids is 2. The summed E-state index contributed by atoms with van der Waals surface area (Å²) >= 11 is 5.51. The lowest BCUT2D eigenvalue weighted by Gasteiger charge is -2.15. The average molecular weight is 238 g/mol. The van der Waals surface area contributed by atoms with Crippen molar-refractivity contribution in [2.24, 2.45) is 0 Å². The van der Waals surface area contributed by atoms with Crippen LogP contribution in [0, 0.1) is 0 Å². The summed E-state index contributed by atoms with van der Waals surface area (Å²) in [6.07, 6.45) is 0. The van der Waals surface area contributed by atoms with Gasteiger partial charge in [-0.3, -0.25) is 9.59 Å². The molecule has 0 aromatic heterocycles. The highest BCUT2D eigenvalue weighted by Gasteiger charge is 2.38. The topological polar surface area (TPSA) is 46.2 Å². The van der Waals surface area contributed by atoms with Crippen molar-refractivity contribution in [2.75, 3.05) is 11.2 Å². The fraction of sp³-hybridized carbons (Fsp3) is 0.333. The van der Waals surface area contributed by atoms with Crippen molar-refractivity contribution in [1.82, 2.24) is 0 Å². The summed E-state index contributed by atoms with van der Waals surface area (Å²) in [4.78, 5) is 23.1. The summed E-state index contributed by atoms with van der Waals surface area (Å²) in [5, 5.41) is 2.79. The second kappa shape index (κ2) is 3.59. The molecule has 0 fully saturated rings. The van der Waals surface area contributed by atoms with Gasteiger partial charge < -0.3 is 5.32 Å². The molecule has 4 heteroatoms. The number of halogens is 1. The molecule has 2 rings (SSSR count). The average Bonchev–Trinajstić information content (AvgIpc) is 2.49. The molecule has 3 nitrogen and oxygen atoms in total. The molecule has 84 valence electrons. The van der Waals surface area contributed by atoms with Crippen LogP contribution >= 0.6 is 11.6 Å². The maximum Gasteiger partial charge on any atom is 0.234 e. The highest BCUT2D eigenvalue weighted by molar-refractivity contribution is 6.30. The molecule has 0 radical (unpaired) electrons. The van der Waals surface area contributed by atoms with Crippen molar-refractivity contribution < 1.29 is 9.59 Å². The minimum Gasteiger partial charge on any atom is -0.325 e. The van der Waals surface area contributed by atoms with Gasteiger partial charge in [0.15, 0.2) is 5.78 Å². The second-order valence-electron chi connectivity index (χ2n) is 4.40. The molecule has 1 aliphatic heterocycles. The SMILES string of the molecule is CC1(C)C(=O)Nc2ccc(C(=O)CCl)cc21. The molecular weight excluding hydrogens is 226 g/mol. The Labute approximate surface area is 98.8 Å². The largest absolute Gasteiger partial charge is 0.325 e. The van der Waals surface area contributed by atoms with E-state index in [2.05, 4.69) is 5.32 Å². The highest BCUT2D eigenvalue weighted by Crippen LogP contribution is 2.37. The van der Waals surface area contributed by atoms with Gasteiger partial charge in [-0.25, -0.2) is 0 Å². The molecule has 0 bridgehead atoms. The molecule has 1 aromatic rings. The number of nitrogens with one attached hydrogen (secondary N) is 1. The van der Waals surface area contributed by atoms with Gasteiger partial charge in [0.05, 0.1) is 11.3 Å². The van der Waals surface area contributed by atoms with E-state index in [4.69, 9.17) is 11.6 Å². The molecule has 0 atom stereocenters. The smallest absolute Gasteiger partial charge is 0.234 e. The number of carbonyl (C=O) groups is 2. The summed E-state index contributed by atoms with van der Waals surface area (Å²) < 4.78 is 0. The summed E-state index contributed by atoms with van der Waals surface area (Å²) in [6, 6.07) is 5.19. The molecule has 1 heterocycles. The van der Waals surface area contributed by atoms with E-state index in [1.807, 2.05) is 13.8 Å². The number of fused-ring (bicyclic) bond motifs is 1. The zero-order chi connectivity index (χ0) is 11.9. The van der Waals surface area contributed by atoms with E-state index in [0.29, 0.717) is 5.56 Å². The molecule has 0 saturated heterocycles. The van der Waals surface area contributed by atoms with Crippen LogP contribution in [-0.4, -0.2) is 17.6 Å². The molecule has 0 aliphatic carbocycles. The molecule has 0 spiro atoms. The molecule has 16 heavy (non-hydrogen) atoms. The lowest BCUT2D eigenvalue weighted by Crippen LogP contribution is -2.27. The Kier molecular flexibility index (Phi) is 2.50. The maximum absolute atomic E-state index is 11.7. The van der Waals surface area contributed by atoms with Crippen LogP contribution in [0.4, 0.5) is 5.69 Å². The predicted octanol–water partition coefficient (Wildman–Crippen LogP) is 2.34. The van der Waals surface area contributed by atoms with Crippen LogP contribution < -0.4 is 5.32 Å². The number of ketones is 1. The summed E-state index contributed by atoms with van der Waals surface area (Å²) in [5.74, 6) is -0.210. The molecule has 0 saturated carbocycles. The second-order valence-corrected chi connectivity index (χ2v) is 4.66. The fourth-order valence-electron chi connectivity index (χ4n) is 1.82. The molecule has 0 unspecified atom stereocenters. The zero-order valence-corrected chi connectivity index (χ0v) is 9.89. The van der Waals surface area contributed by atoms with E-state index in [9.17, 15) is 9.59 Å². The number of Topliss-reactive ketones (excluding diaryl/α,β-unsaturated/α-hetero) is 1. The van der Waals surface area contributed by atoms with Crippen molar-refractivity contribution in [2.45, 2.75) is 19.3 Å². The molecule has 1 aliphatic rings. The number of rotatable bonds is 2. The number of amides is 1. The highest BCUT2D eigenvalue weighted by atomic mass is 35.5. The van der Waals surface area contributed by atoms with Gasteiger partial charge in [0.1, 0.15) is 0 Å².